The van der Waals surface area contributed by atoms with E-state index in [0.717, 1.165) is 0 Å². The third kappa shape index (κ3) is 2.48. The molecule has 128 valence electrons. The molecule has 25 heavy (non-hydrogen) atoms. The van der Waals surface area contributed by atoms with Crippen LogP contribution in [0.15, 0.2) is 29.2 Å². The van der Waals surface area contributed by atoms with Crippen molar-refractivity contribution in [2.24, 2.45) is 0 Å². The maximum absolute atomic E-state index is 12.7. The van der Waals surface area contributed by atoms with Gasteiger partial charge in [-0.2, -0.15) is 0 Å². The van der Waals surface area contributed by atoms with Gasteiger partial charge in [0.15, 0.2) is 5.78 Å². The summed E-state index contributed by atoms with van der Waals surface area (Å²) in [5.74, 6) is -1.75. The SMILES string of the molecule is Nc1c(S(=O)(=O)Cl)cc([N+](=O)[O-])c2c1C(=O)c1cccc(Cl)c1C2=O. The zero-order valence-electron chi connectivity index (χ0n) is 11.9. The number of nitrogens with two attached hydrogens (primary N) is 1. The molecule has 0 unspecified atom stereocenters. The quantitative estimate of drug-likeness (QED) is 0.301. The number of ketones is 2. The molecule has 0 bridgehead atoms. The van der Waals surface area contributed by atoms with Crippen molar-refractivity contribution in [3.8, 4) is 0 Å². The number of hydrogen-bond acceptors (Lipinski definition) is 7. The van der Waals surface area contributed by atoms with Gasteiger partial charge in [0.2, 0.25) is 5.78 Å². The summed E-state index contributed by atoms with van der Waals surface area (Å²) in [6.07, 6.45) is 0. The van der Waals surface area contributed by atoms with Crippen molar-refractivity contribution in [2.75, 3.05) is 5.73 Å². The highest BCUT2D eigenvalue weighted by Crippen LogP contribution is 2.42. The van der Waals surface area contributed by atoms with Crippen molar-refractivity contribution in [1.29, 1.82) is 0 Å². The normalized spacial score (nSPS) is 13.4. The Morgan fingerprint density at radius 1 is 1.08 bits per heavy atom. The molecular formula is C14H6Cl2N2O6S. The van der Waals surface area contributed by atoms with E-state index in [9.17, 15) is 28.1 Å². The minimum atomic E-state index is -4.50. The summed E-state index contributed by atoms with van der Waals surface area (Å²) in [6, 6.07) is 4.61. The maximum atomic E-state index is 12.7. The van der Waals surface area contributed by atoms with Gasteiger partial charge in [0.05, 0.1) is 26.8 Å². The summed E-state index contributed by atoms with van der Waals surface area (Å²) in [4.78, 5) is 35.0. The number of hydrogen-bond donors (Lipinski definition) is 1. The van der Waals surface area contributed by atoms with E-state index in [4.69, 9.17) is 28.0 Å². The molecule has 0 heterocycles. The highest BCUT2D eigenvalue weighted by Gasteiger charge is 2.40. The molecule has 0 aliphatic heterocycles. The van der Waals surface area contributed by atoms with Gasteiger partial charge in [0.1, 0.15) is 10.5 Å². The zero-order valence-corrected chi connectivity index (χ0v) is 14.3. The number of rotatable bonds is 2. The second-order valence-electron chi connectivity index (χ2n) is 5.07. The average molecular weight is 401 g/mol. The summed E-state index contributed by atoms with van der Waals surface area (Å²) >= 11 is 5.95. The van der Waals surface area contributed by atoms with Gasteiger partial charge < -0.3 is 5.73 Å². The number of fused-ring (bicyclic) bond motifs is 2. The predicted octanol–water partition coefficient (Wildman–Crippen LogP) is 2.53. The fourth-order valence-electron chi connectivity index (χ4n) is 2.68. The minimum Gasteiger partial charge on any atom is -0.397 e. The van der Waals surface area contributed by atoms with Crippen LogP contribution in [0.4, 0.5) is 11.4 Å². The lowest BCUT2D eigenvalue weighted by atomic mass is 9.82. The largest absolute Gasteiger partial charge is 0.397 e. The Hall–Kier alpha value is -2.49. The molecule has 2 N–H and O–H groups in total. The Balaban J connectivity index is 2.52. The molecule has 8 nitrogen and oxygen atoms in total. The van der Waals surface area contributed by atoms with E-state index in [1.807, 2.05) is 0 Å². The first-order valence-corrected chi connectivity index (χ1v) is 9.18. The van der Waals surface area contributed by atoms with E-state index in [1.54, 1.807) is 0 Å². The van der Waals surface area contributed by atoms with Gasteiger partial charge in [-0.3, -0.25) is 19.7 Å². The van der Waals surface area contributed by atoms with Crippen molar-refractivity contribution in [3.05, 3.63) is 61.7 Å². The Kier molecular flexibility index (Phi) is 3.82. The molecule has 0 saturated heterocycles. The van der Waals surface area contributed by atoms with Crippen LogP contribution in [-0.2, 0) is 9.05 Å². The predicted molar refractivity (Wildman–Crippen MR) is 88.9 cm³/mol. The van der Waals surface area contributed by atoms with E-state index < -0.39 is 52.9 Å². The van der Waals surface area contributed by atoms with Crippen LogP contribution in [0, 0.1) is 10.1 Å². The van der Waals surface area contributed by atoms with Crippen LogP contribution in [0.2, 0.25) is 5.02 Å². The Labute approximate surface area is 149 Å². The lowest BCUT2D eigenvalue weighted by molar-refractivity contribution is -0.385. The van der Waals surface area contributed by atoms with Crippen molar-refractivity contribution in [3.63, 3.8) is 0 Å². The van der Waals surface area contributed by atoms with Gasteiger partial charge in [-0.25, -0.2) is 8.42 Å². The highest BCUT2D eigenvalue weighted by molar-refractivity contribution is 8.13. The second-order valence-corrected chi connectivity index (χ2v) is 8.01. The van der Waals surface area contributed by atoms with Gasteiger partial charge in [0.25, 0.3) is 14.7 Å². The lowest BCUT2D eigenvalue weighted by Gasteiger charge is -2.20. The lowest BCUT2D eigenvalue weighted by Crippen LogP contribution is -2.25. The van der Waals surface area contributed by atoms with Crippen molar-refractivity contribution >= 4 is 54.3 Å². The smallest absolute Gasteiger partial charge is 0.282 e. The van der Waals surface area contributed by atoms with Crippen LogP contribution in [0.3, 0.4) is 0 Å². The molecule has 0 amide bonds. The molecule has 0 saturated carbocycles. The van der Waals surface area contributed by atoms with Crippen LogP contribution in [-0.4, -0.2) is 24.9 Å². The van der Waals surface area contributed by atoms with E-state index in [1.165, 1.54) is 18.2 Å². The number of nitrogen functional groups attached to an aromatic ring is 1. The number of nitro benzene ring substituents is 1. The molecule has 2 aromatic rings. The first-order valence-electron chi connectivity index (χ1n) is 6.49. The van der Waals surface area contributed by atoms with Crippen LogP contribution in [0.25, 0.3) is 0 Å². The molecule has 0 atom stereocenters. The summed E-state index contributed by atoms with van der Waals surface area (Å²) in [5.41, 5.74) is 2.67. The van der Waals surface area contributed by atoms with E-state index >= 15 is 0 Å². The number of benzene rings is 2. The van der Waals surface area contributed by atoms with Gasteiger partial charge in [-0.05, 0) is 6.07 Å². The number of anilines is 1. The Morgan fingerprint density at radius 3 is 2.28 bits per heavy atom. The number of carbonyl (C=O) groups is 2. The number of nitrogens with zero attached hydrogens (tertiary/aromatic N) is 1. The first-order chi connectivity index (χ1) is 11.6. The summed E-state index contributed by atoms with van der Waals surface area (Å²) < 4.78 is 23.3. The van der Waals surface area contributed by atoms with E-state index in [-0.39, 0.29) is 16.1 Å². The van der Waals surface area contributed by atoms with Crippen molar-refractivity contribution in [2.45, 2.75) is 4.90 Å². The maximum Gasteiger partial charge on any atom is 0.282 e. The summed E-state index contributed by atoms with van der Waals surface area (Å²) in [7, 11) is 0.749. The van der Waals surface area contributed by atoms with Gasteiger partial charge >= 0.3 is 0 Å². The standard InChI is InChI=1S/C14H6Cl2N2O6S/c15-6-3-1-2-5-9(6)14(20)10-7(18(21)22)4-8(25(16,23)24)12(17)11(10)13(5)19/h1-4H,17H2. The third-order valence-corrected chi connectivity index (χ3v) is 5.38. The molecule has 1 aliphatic carbocycles. The molecule has 3 rings (SSSR count). The molecule has 0 fully saturated rings. The molecule has 0 spiro atoms. The molecule has 1 aliphatic rings. The Bertz CT molecular complexity index is 1110. The number of nitro groups is 1. The van der Waals surface area contributed by atoms with Gasteiger partial charge in [-0.1, -0.05) is 23.7 Å². The van der Waals surface area contributed by atoms with Crippen LogP contribution < -0.4 is 5.73 Å². The highest BCUT2D eigenvalue weighted by atomic mass is 35.7. The second kappa shape index (κ2) is 5.51. The Morgan fingerprint density at radius 2 is 1.72 bits per heavy atom. The van der Waals surface area contributed by atoms with Crippen molar-refractivity contribution in [1.82, 2.24) is 0 Å². The van der Waals surface area contributed by atoms with Gasteiger partial charge in [-0.15, -0.1) is 0 Å². The summed E-state index contributed by atoms with van der Waals surface area (Å²) in [5, 5.41) is 11.3. The topological polar surface area (TPSA) is 137 Å². The number of halogens is 2. The molecule has 0 radical (unpaired) electrons. The summed E-state index contributed by atoms with van der Waals surface area (Å²) in [6.45, 7) is 0. The molecule has 2 aromatic carbocycles. The van der Waals surface area contributed by atoms with Crippen LogP contribution in [0.1, 0.15) is 31.8 Å². The van der Waals surface area contributed by atoms with Gasteiger partial charge in [0, 0.05) is 22.3 Å². The van der Waals surface area contributed by atoms with E-state index in [0.29, 0.717) is 6.07 Å². The molecule has 11 heteroatoms. The first kappa shape index (κ1) is 17.3. The molecular weight excluding hydrogens is 395 g/mol. The average Bonchev–Trinajstić information content (AvgIpc) is 2.50. The van der Waals surface area contributed by atoms with Crippen LogP contribution >= 0.6 is 22.3 Å². The monoisotopic (exact) mass is 400 g/mol. The number of carbonyl (C=O) groups excluding carboxylic acids is 2. The fourth-order valence-corrected chi connectivity index (χ4v) is 3.94. The zero-order chi connectivity index (χ0) is 18.7. The van der Waals surface area contributed by atoms with Crippen LogP contribution in [0.5, 0.6) is 0 Å². The van der Waals surface area contributed by atoms with Crippen molar-refractivity contribution < 1.29 is 22.9 Å². The fraction of sp³-hybridized carbons (Fsp3) is 0. The molecule has 0 aromatic heterocycles. The third-order valence-electron chi connectivity index (χ3n) is 3.71. The van der Waals surface area contributed by atoms with E-state index in [2.05, 4.69) is 0 Å². The minimum absolute atomic E-state index is 0.0663.